The third kappa shape index (κ3) is 1.58. The van der Waals surface area contributed by atoms with Gasteiger partial charge in [-0.25, -0.2) is 4.21 Å². The van der Waals surface area contributed by atoms with Crippen molar-refractivity contribution in [2.24, 2.45) is 0 Å². The lowest BCUT2D eigenvalue weighted by Crippen LogP contribution is -1.91. The third-order valence-corrected chi connectivity index (χ3v) is 2.26. The number of phenolic OH excluding ortho intramolecular Hbond substituents is 1. The second-order valence-electron chi connectivity index (χ2n) is 2.15. The molecule has 2 N–H and O–H groups in total. The van der Waals surface area contributed by atoms with Gasteiger partial charge >= 0.3 is 0 Å². The minimum absolute atomic E-state index is 0.0462. The van der Waals surface area contributed by atoms with Crippen LogP contribution in [0.1, 0.15) is 5.56 Å². The van der Waals surface area contributed by atoms with E-state index in [-0.39, 0.29) is 10.6 Å². The lowest BCUT2D eigenvalue weighted by atomic mass is 10.2. The molecule has 1 rings (SSSR count). The molecule has 0 fully saturated rings. The standard InChI is InChI=1S/C7H8O3S/c1-5-6(8)3-2-4-7(5)11(9)10/h2-4,8H,1H3,(H,9,10). The van der Waals surface area contributed by atoms with Crippen molar-refractivity contribution < 1.29 is 13.9 Å². The van der Waals surface area contributed by atoms with Crippen LogP contribution in [0, 0.1) is 6.92 Å². The van der Waals surface area contributed by atoms with Crippen molar-refractivity contribution in [1.29, 1.82) is 0 Å². The highest BCUT2D eigenvalue weighted by Gasteiger charge is 2.06. The van der Waals surface area contributed by atoms with Crippen molar-refractivity contribution in [3.63, 3.8) is 0 Å². The molecule has 0 radical (unpaired) electrons. The number of rotatable bonds is 1. The Labute approximate surface area is 67.0 Å². The first kappa shape index (κ1) is 8.23. The minimum atomic E-state index is -2.01. The second-order valence-corrected chi connectivity index (χ2v) is 3.09. The summed E-state index contributed by atoms with van der Waals surface area (Å²) in [6.07, 6.45) is 0. The van der Waals surface area contributed by atoms with Gasteiger partial charge in [-0.1, -0.05) is 6.07 Å². The van der Waals surface area contributed by atoms with Crippen LogP contribution in [0.25, 0.3) is 0 Å². The SMILES string of the molecule is Cc1c(O)cccc1S(=O)O. The van der Waals surface area contributed by atoms with E-state index >= 15 is 0 Å². The van der Waals surface area contributed by atoms with Gasteiger partial charge in [0.1, 0.15) is 5.75 Å². The molecule has 4 heteroatoms. The fourth-order valence-corrected chi connectivity index (χ4v) is 1.35. The van der Waals surface area contributed by atoms with Gasteiger partial charge in [0.05, 0.1) is 4.90 Å². The number of hydrogen-bond donors (Lipinski definition) is 2. The number of benzene rings is 1. The minimum Gasteiger partial charge on any atom is -0.508 e. The van der Waals surface area contributed by atoms with Crippen LogP contribution in [0.2, 0.25) is 0 Å². The number of aromatic hydroxyl groups is 1. The van der Waals surface area contributed by atoms with Crippen molar-refractivity contribution in [2.75, 3.05) is 0 Å². The zero-order valence-electron chi connectivity index (χ0n) is 5.94. The van der Waals surface area contributed by atoms with Crippen molar-refractivity contribution in [2.45, 2.75) is 11.8 Å². The Hall–Kier alpha value is -0.870. The van der Waals surface area contributed by atoms with Crippen LogP contribution in [0.5, 0.6) is 5.75 Å². The quantitative estimate of drug-likeness (QED) is 0.627. The van der Waals surface area contributed by atoms with E-state index in [4.69, 9.17) is 9.66 Å². The maximum Gasteiger partial charge on any atom is 0.186 e. The van der Waals surface area contributed by atoms with Gasteiger partial charge in [-0.3, -0.25) is 0 Å². The first-order valence-electron chi connectivity index (χ1n) is 3.02. The van der Waals surface area contributed by atoms with E-state index < -0.39 is 11.1 Å². The van der Waals surface area contributed by atoms with Crippen molar-refractivity contribution in [3.8, 4) is 5.75 Å². The number of phenols is 1. The first-order valence-corrected chi connectivity index (χ1v) is 4.13. The van der Waals surface area contributed by atoms with E-state index in [2.05, 4.69) is 0 Å². The van der Waals surface area contributed by atoms with Gasteiger partial charge in [0.25, 0.3) is 0 Å². The molecule has 0 aromatic heterocycles. The lowest BCUT2D eigenvalue weighted by Gasteiger charge is -2.01. The van der Waals surface area contributed by atoms with Crippen LogP contribution < -0.4 is 0 Å². The Morgan fingerprint density at radius 1 is 1.45 bits per heavy atom. The van der Waals surface area contributed by atoms with Crippen LogP contribution in [0.3, 0.4) is 0 Å². The van der Waals surface area contributed by atoms with Gasteiger partial charge in [0.2, 0.25) is 0 Å². The Kier molecular flexibility index (Phi) is 2.26. The van der Waals surface area contributed by atoms with Crippen LogP contribution in [-0.2, 0) is 11.1 Å². The van der Waals surface area contributed by atoms with Crippen molar-refractivity contribution in [1.82, 2.24) is 0 Å². The Morgan fingerprint density at radius 2 is 2.09 bits per heavy atom. The summed E-state index contributed by atoms with van der Waals surface area (Å²) in [6.45, 7) is 1.60. The van der Waals surface area contributed by atoms with E-state index in [1.807, 2.05) is 0 Å². The molecule has 3 nitrogen and oxygen atoms in total. The smallest absolute Gasteiger partial charge is 0.186 e. The average Bonchev–Trinajstić information content (AvgIpc) is 1.94. The summed E-state index contributed by atoms with van der Waals surface area (Å²) in [5.41, 5.74) is 0.452. The van der Waals surface area contributed by atoms with Crippen molar-refractivity contribution in [3.05, 3.63) is 23.8 Å². The summed E-state index contributed by atoms with van der Waals surface area (Å²) in [5, 5.41) is 9.10. The first-order chi connectivity index (χ1) is 5.13. The Balaban J connectivity index is 3.27. The Bertz CT molecular complexity index is 296. The molecule has 0 amide bonds. The highest BCUT2D eigenvalue weighted by atomic mass is 32.2. The van der Waals surface area contributed by atoms with E-state index in [0.29, 0.717) is 5.56 Å². The molecule has 1 unspecified atom stereocenters. The molecule has 11 heavy (non-hydrogen) atoms. The molecular formula is C7H8O3S. The topological polar surface area (TPSA) is 57.5 Å². The predicted octanol–water partition coefficient (Wildman–Crippen LogP) is 1.28. The molecule has 1 atom stereocenters. The monoisotopic (exact) mass is 172 g/mol. The summed E-state index contributed by atoms with van der Waals surface area (Å²) in [7, 11) is 0. The predicted molar refractivity (Wildman–Crippen MR) is 41.9 cm³/mol. The molecule has 60 valence electrons. The molecule has 0 spiro atoms. The zero-order valence-corrected chi connectivity index (χ0v) is 6.76. The molecule has 1 aromatic carbocycles. The van der Waals surface area contributed by atoms with Crippen molar-refractivity contribution >= 4 is 11.1 Å². The summed E-state index contributed by atoms with van der Waals surface area (Å²) >= 11 is -2.01. The molecule has 0 aliphatic carbocycles. The fourth-order valence-electron chi connectivity index (χ4n) is 0.792. The van der Waals surface area contributed by atoms with Gasteiger partial charge in [0, 0.05) is 5.56 Å². The van der Waals surface area contributed by atoms with E-state index in [0.717, 1.165) is 0 Å². The molecule has 1 aromatic rings. The molecule has 0 aliphatic rings. The average molecular weight is 172 g/mol. The maximum atomic E-state index is 10.6. The van der Waals surface area contributed by atoms with Gasteiger partial charge in [-0.05, 0) is 19.1 Å². The van der Waals surface area contributed by atoms with Crippen LogP contribution in [0.15, 0.2) is 23.1 Å². The second kappa shape index (κ2) is 3.02. The van der Waals surface area contributed by atoms with E-state index in [1.165, 1.54) is 18.2 Å². The van der Waals surface area contributed by atoms with E-state index in [1.54, 1.807) is 6.92 Å². The molecule has 0 saturated heterocycles. The molecular weight excluding hydrogens is 164 g/mol. The Morgan fingerprint density at radius 3 is 2.55 bits per heavy atom. The molecule has 0 aliphatic heterocycles. The molecule has 0 heterocycles. The fraction of sp³-hybridized carbons (Fsp3) is 0.143. The summed E-state index contributed by atoms with van der Waals surface area (Å²) in [5.74, 6) is 0.0462. The highest BCUT2D eigenvalue weighted by molar-refractivity contribution is 7.79. The largest absolute Gasteiger partial charge is 0.508 e. The molecule has 0 bridgehead atoms. The highest BCUT2D eigenvalue weighted by Crippen LogP contribution is 2.21. The van der Waals surface area contributed by atoms with E-state index in [9.17, 15) is 4.21 Å². The van der Waals surface area contributed by atoms with Crippen LogP contribution in [-0.4, -0.2) is 13.9 Å². The lowest BCUT2D eigenvalue weighted by molar-refractivity contribution is 0.468. The summed E-state index contributed by atoms with van der Waals surface area (Å²) in [6, 6.07) is 4.52. The van der Waals surface area contributed by atoms with Crippen LogP contribution >= 0.6 is 0 Å². The zero-order chi connectivity index (χ0) is 8.43. The van der Waals surface area contributed by atoms with Crippen LogP contribution in [0.4, 0.5) is 0 Å². The summed E-state index contributed by atoms with van der Waals surface area (Å²) in [4.78, 5) is 0.255. The van der Waals surface area contributed by atoms with Gasteiger partial charge in [-0.15, -0.1) is 0 Å². The summed E-state index contributed by atoms with van der Waals surface area (Å²) < 4.78 is 19.3. The van der Waals surface area contributed by atoms with Gasteiger partial charge < -0.3 is 9.66 Å². The molecule has 0 saturated carbocycles. The van der Waals surface area contributed by atoms with Gasteiger partial charge in [0.15, 0.2) is 11.1 Å². The normalized spacial score (nSPS) is 12.9. The third-order valence-electron chi connectivity index (χ3n) is 1.44. The number of hydrogen-bond acceptors (Lipinski definition) is 2. The maximum absolute atomic E-state index is 10.6. The van der Waals surface area contributed by atoms with Gasteiger partial charge in [-0.2, -0.15) is 0 Å².